The maximum absolute atomic E-state index is 6.59. The summed E-state index contributed by atoms with van der Waals surface area (Å²) in [6, 6.07) is 68.2. The quantitative estimate of drug-likeness (QED) is 0.183. The molecule has 0 atom stereocenters. The molecule has 11 rings (SSSR count). The molecule has 2 nitrogen and oxygen atoms in total. The summed E-state index contributed by atoms with van der Waals surface area (Å²) in [7, 11) is 0. The molecule has 3 heteroatoms. The third-order valence-corrected chi connectivity index (χ3v) is 12.1. The monoisotopic (exact) mass is 681 g/mol. The molecule has 0 saturated heterocycles. The van der Waals surface area contributed by atoms with Crippen molar-refractivity contribution < 1.29 is 4.74 Å². The molecular weight excluding hydrogens is 651 g/mol. The molecule has 244 valence electrons. The third kappa shape index (κ3) is 4.11. The van der Waals surface area contributed by atoms with Crippen molar-refractivity contribution in [2.24, 2.45) is 0 Å². The van der Waals surface area contributed by atoms with E-state index in [0.717, 1.165) is 22.9 Å². The molecule has 2 aliphatic rings. The van der Waals surface area contributed by atoms with Crippen LogP contribution in [0.2, 0.25) is 0 Å². The maximum atomic E-state index is 6.59. The van der Waals surface area contributed by atoms with Gasteiger partial charge in [-0.25, -0.2) is 0 Å². The van der Waals surface area contributed by atoms with Gasteiger partial charge in [0.1, 0.15) is 11.5 Å². The van der Waals surface area contributed by atoms with E-state index in [2.05, 4.69) is 193 Å². The lowest BCUT2D eigenvalue weighted by molar-refractivity contribution is 0.436. The first-order valence-electron chi connectivity index (χ1n) is 17.8. The number of rotatable bonds is 4. The van der Waals surface area contributed by atoms with Gasteiger partial charge in [0.15, 0.2) is 0 Å². The minimum absolute atomic E-state index is 0.488. The molecule has 0 bridgehead atoms. The molecule has 52 heavy (non-hydrogen) atoms. The minimum Gasteiger partial charge on any atom is -0.457 e. The van der Waals surface area contributed by atoms with Crippen LogP contribution in [0.25, 0.3) is 42.4 Å². The fraction of sp³-hybridized carbons (Fsp3) is 0.0204. The summed E-state index contributed by atoms with van der Waals surface area (Å²) in [6.45, 7) is 0. The molecule has 0 unspecified atom stereocenters. The van der Waals surface area contributed by atoms with E-state index in [1.807, 2.05) is 11.3 Å². The molecule has 0 amide bonds. The highest BCUT2D eigenvalue weighted by molar-refractivity contribution is 7.26. The molecule has 0 radical (unpaired) electrons. The Labute approximate surface area is 306 Å². The van der Waals surface area contributed by atoms with Gasteiger partial charge in [0.05, 0.1) is 15.8 Å². The highest BCUT2D eigenvalue weighted by Crippen LogP contribution is 2.63. The van der Waals surface area contributed by atoms with E-state index in [1.54, 1.807) is 0 Å². The average Bonchev–Trinajstić information content (AvgIpc) is 3.72. The van der Waals surface area contributed by atoms with Crippen LogP contribution < -0.4 is 9.64 Å². The van der Waals surface area contributed by atoms with Crippen LogP contribution in [-0.2, 0) is 5.41 Å². The van der Waals surface area contributed by atoms with Gasteiger partial charge in [-0.15, -0.1) is 11.3 Å². The zero-order chi connectivity index (χ0) is 34.2. The normalized spacial score (nSPS) is 13.3. The van der Waals surface area contributed by atoms with Gasteiger partial charge in [0, 0.05) is 38.0 Å². The number of hydrogen-bond acceptors (Lipinski definition) is 3. The predicted octanol–water partition coefficient (Wildman–Crippen LogP) is 13.7. The second-order valence-electron chi connectivity index (χ2n) is 13.6. The Morgan fingerprint density at radius 3 is 1.81 bits per heavy atom. The Morgan fingerprint density at radius 1 is 0.423 bits per heavy atom. The Hall–Kier alpha value is -6.42. The van der Waals surface area contributed by atoms with Crippen LogP contribution in [0.3, 0.4) is 0 Å². The molecule has 1 aromatic heterocycles. The highest BCUT2D eigenvalue weighted by atomic mass is 32.1. The Kier molecular flexibility index (Phi) is 6.37. The SMILES string of the molecule is c1ccc(-c2cccc(N(c3ccccc3)c3cccc4c3sc3cc5c(cc34)-c3ccccc3C53c4ccccc4Oc4ccccc43)c2)cc1. The summed E-state index contributed by atoms with van der Waals surface area (Å²) in [5.41, 5.74) is 12.9. The van der Waals surface area contributed by atoms with Gasteiger partial charge in [-0.1, -0.05) is 133 Å². The molecule has 9 aromatic rings. The van der Waals surface area contributed by atoms with Crippen molar-refractivity contribution in [2.45, 2.75) is 5.41 Å². The number of benzene rings is 8. The van der Waals surface area contributed by atoms with Crippen molar-refractivity contribution in [3.8, 4) is 33.8 Å². The molecular formula is C49H31NOS. The number of thiophene rings is 1. The van der Waals surface area contributed by atoms with E-state index >= 15 is 0 Å². The summed E-state index contributed by atoms with van der Waals surface area (Å²) in [5, 5.41) is 2.55. The average molecular weight is 682 g/mol. The third-order valence-electron chi connectivity index (χ3n) is 10.9. The zero-order valence-corrected chi connectivity index (χ0v) is 29.0. The van der Waals surface area contributed by atoms with Crippen LogP contribution in [0, 0.1) is 0 Å². The molecule has 1 spiro atoms. The topological polar surface area (TPSA) is 12.5 Å². The van der Waals surface area contributed by atoms with Crippen molar-refractivity contribution in [3.63, 3.8) is 0 Å². The van der Waals surface area contributed by atoms with Crippen LogP contribution in [0.15, 0.2) is 188 Å². The first-order valence-corrected chi connectivity index (χ1v) is 18.6. The number of ether oxygens (including phenoxy) is 1. The van der Waals surface area contributed by atoms with Crippen LogP contribution in [0.5, 0.6) is 11.5 Å². The van der Waals surface area contributed by atoms with Crippen molar-refractivity contribution in [2.75, 3.05) is 4.90 Å². The highest BCUT2D eigenvalue weighted by Gasteiger charge is 2.51. The van der Waals surface area contributed by atoms with Crippen LogP contribution >= 0.6 is 11.3 Å². The smallest absolute Gasteiger partial charge is 0.132 e. The fourth-order valence-electron chi connectivity index (χ4n) is 8.76. The Morgan fingerprint density at radius 2 is 1.04 bits per heavy atom. The van der Waals surface area contributed by atoms with E-state index in [9.17, 15) is 0 Å². The van der Waals surface area contributed by atoms with Crippen molar-refractivity contribution >= 4 is 48.6 Å². The number of hydrogen-bond donors (Lipinski definition) is 0. The summed E-state index contributed by atoms with van der Waals surface area (Å²) in [4.78, 5) is 2.42. The van der Waals surface area contributed by atoms with Crippen molar-refractivity contribution in [1.82, 2.24) is 0 Å². The lowest BCUT2D eigenvalue weighted by Gasteiger charge is -2.39. The predicted molar refractivity (Wildman–Crippen MR) is 217 cm³/mol. The number of fused-ring (bicyclic) bond motifs is 12. The first kappa shape index (κ1) is 29.3. The molecule has 0 N–H and O–H groups in total. The molecule has 0 fully saturated rings. The van der Waals surface area contributed by atoms with Gasteiger partial charge < -0.3 is 9.64 Å². The van der Waals surface area contributed by atoms with Gasteiger partial charge in [-0.2, -0.15) is 0 Å². The van der Waals surface area contributed by atoms with E-state index in [4.69, 9.17) is 4.74 Å². The minimum atomic E-state index is -0.488. The van der Waals surface area contributed by atoms with Gasteiger partial charge >= 0.3 is 0 Å². The van der Waals surface area contributed by atoms with Crippen LogP contribution in [-0.4, -0.2) is 0 Å². The van der Waals surface area contributed by atoms with Gasteiger partial charge in [-0.05, 0) is 88.0 Å². The summed E-state index contributed by atoms with van der Waals surface area (Å²) in [6.07, 6.45) is 0. The molecule has 8 aromatic carbocycles. The summed E-state index contributed by atoms with van der Waals surface area (Å²) < 4.78 is 9.14. The standard InChI is InChI=1S/C49H31NOS/c1-3-15-32(16-4-1)33-17-13-20-35(29-33)50(34-18-5-2-6-19-34)44-26-14-22-37-39-30-38-36-21-7-8-23-40(36)49(43(38)31-47(39)52-48(37)44)41-24-9-11-27-45(41)51-46-28-12-10-25-42(46)49/h1-31H. The number of para-hydroxylation sites is 3. The Bertz CT molecular complexity index is 2790. The maximum Gasteiger partial charge on any atom is 0.132 e. The molecule has 0 saturated carbocycles. The largest absolute Gasteiger partial charge is 0.457 e. The van der Waals surface area contributed by atoms with E-state index in [1.165, 1.54) is 70.4 Å². The van der Waals surface area contributed by atoms with Gasteiger partial charge in [0.2, 0.25) is 0 Å². The second-order valence-corrected chi connectivity index (χ2v) is 14.7. The Balaban J connectivity index is 1.18. The van der Waals surface area contributed by atoms with E-state index in [0.29, 0.717) is 0 Å². The van der Waals surface area contributed by atoms with E-state index < -0.39 is 5.41 Å². The van der Waals surface area contributed by atoms with Crippen molar-refractivity contribution in [3.05, 3.63) is 210 Å². The second kappa shape index (κ2) is 11.3. The first-order chi connectivity index (χ1) is 25.8. The fourth-order valence-corrected chi connectivity index (χ4v) is 9.99. The summed E-state index contributed by atoms with van der Waals surface area (Å²) >= 11 is 1.89. The van der Waals surface area contributed by atoms with Crippen LogP contribution in [0.4, 0.5) is 17.1 Å². The van der Waals surface area contributed by atoms with E-state index in [-0.39, 0.29) is 0 Å². The zero-order valence-electron chi connectivity index (χ0n) is 28.2. The molecule has 1 aliphatic heterocycles. The molecule has 2 heterocycles. The van der Waals surface area contributed by atoms with Gasteiger partial charge in [-0.3, -0.25) is 0 Å². The lowest BCUT2D eigenvalue weighted by atomic mass is 9.66. The number of nitrogens with zero attached hydrogens (tertiary/aromatic N) is 1. The summed E-state index contributed by atoms with van der Waals surface area (Å²) in [5.74, 6) is 1.83. The van der Waals surface area contributed by atoms with Crippen molar-refractivity contribution in [1.29, 1.82) is 0 Å². The number of anilines is 3. The van der Waals surface area contributed by atoms with Gasteiger partial charge in [0.25, 0.3) is 0 Å². The lowest BCUT2D eigenvalue weighted by Crippen LogP contribution is -2.32. The molecule has 1 aliphatic carbocycles. The van der Waals surface area contributed by atoms with Crippen LogP contribution in [0.1, 0.15) is 22.3 Å².